The van der Waals surface area contributed by atoms with Crippen molar-refractivity contribution in [3.63, 3.8) is 0 Å². The van der Waals surface area contributed by atoms with Gasteiger partial charge in [0.15, 0.2) is 0 Å². The molecule has 1 amide bonds. The van der Waals surface area contributed by atoms with E-state index in [-0.39, 0.29) is 28.5 Å². The van der Waals surface area contributed by atoms with Crippen LogP contribution < -0.4 is 5.73 Å². The molecule has 1 aliphatic rings. The Morgan fingerprint density at radius 2 is 2.29 bits per heavy atom. The Hall–Kier alpha value is -1.66. The van der Waals surface area contributed by atoms with Gasteiger partial charge in [0.2, 0.25) is 5.91 Å². The van der Waals surface area contributed by atoms with Gasteiger partial charge in [-0.15, -0.1) is 0 Å². The summed E-state index contributed by atoms with van der Waals surface area (Å²) in [6.07, 6.45) is 1.04. The Balaban J connectivity index is 2.05. The smallest absolute Gasteiger partial charge is 0.270 e. The minimum Gasteiger partial charge on any atom is -0.342 e. The summed E-state index contributed by atoms with van der Waals surface area (Å²) in [4.78, 5) is 24.2. The number of nitro groups is 1. The highest BCUT2D eigenvalue weighted by atomic mass is 35.5. The first-order valence-electron chi connectivity index (χ1n) is 6.75. The highest BCUT2D eigenvalue weighted by Gasteiger charge is 2.34. The highest BCUT2D eigenvalue weighted by molar-refractivity contribution is 6.31. The van der Waals surface area contributed by atoms with E-state index in [4.69, 9.17) is 17.3 Å². The molecule has 1 fully saturated rings. The maximum Gasteiger partial charge on any atom is 0.270 e. The number of benzene rings is 1. The first kappa shape index (κ1) is 15.7. The molecule has 1 unspecified atom stereocenters. The number of non-ortho nitro benzene ring substituents is 1. The minimum atomic E-state index is -0.509. The summed E-state index contributed by atoms with van der Waals surface area (Å²) < 4.78 is 0. The zero-order valence-electron chi connectivity index (χ0n) is 11.8. The van der Waals surface area contributed by atoms with Gasteiger partial charge in [-0.05, 0) is 23.9 Å². The lowest BCUT2D eigenvalue weighted by Crippen LogP contribution is -2.35. The van der Waals surface area contributed by atoms with E-state index in [1.54, 1.807) is 4.90 Å². The molecule has 7 heteroatoms. The maximum absolute atomic E-state index is 12.3. The van der Waals surface area contributed by atoms with Crippen LogP contribution in [0, 0.1) is 15.5 Å². The normalized spacial score (nSPS) is 21.6. The molecule has 1 aromatic rings. The average molecular weight is 312 g/mol. The molecule has 1 atom stereocenters. The van der Waals surface area contributed by atoms with E-state index in [9.17, 15) is 14.9 Å². The number of nitrogens with two attached hydrogens (primary N) is 1. The number of halogens is 1. The Kier molecular flexibility index (Phi) is 4.49. The van der Waals surface area contributed by atoms with Gasteiger partial charge in [0.1, 0.15) is 0 Å². The number of hydrogen-bond donors (Lipinski definition) is 1. The van der Waals surface area contributed by atoms with Crippen LogP contribution in [0.25, 0.3) is 0 Å². The molecule has 1 heterocycles. The van der Waals surface area contributed by atoms with Crippen molar-refractivity contribution in [2.24, 2.45) is 11.1 Å². The summed E-state index contributed by atoms with van der Waals surface area (Å²) >= 11 is 6.01. The zero-order valence-corrected chi connectivity index (χ0v) is 12.6. The average Bonchev–Trinajstić information content (AvgIpc) is 2.84. The number of likely N-dealkylation sites (tertiary alicyclic amines) is 1. The van der Waals surface area contributed by atoms with Crippen LogP contribution in [-0.2, 0) is 11.2 Å². The molecule has 0 aromatic heterocycles. The van der Waals surface area contributed by atoms with E-state index in [1.807, 2.05) is 0 Å². The van der Waals surface area contributed by atoms with Gasteiger partial charge in [0.25, 0.3) is 5.69 Å². The molecular weight excluding hydrogens is 294 g/mol. The number of rotatable bonds is 4. The fourth-order valence-corrected chi connectivity index (χ4v) is 2.71. The molecule has 21 heavy (non-hydrogen) atoms. The first-order chi connectivity index (χ1) is 9.84. The third-order valence-electron chi connectivity index (χ3n) is 3.99. The van der Waals surface area contributed by atoms with E-state index in [1.165, 1.54) is 18.2 Å². The second-order valence-electron chi connectivity index (χ2n) is 5.79. The number of nitrogens with zero attached hydrogens (tertiary/aromatic N) is 2. The summed E-state index contributed by atoms with van der Waals surface area (Å²) in [5.74, 6) is -0.0251. The molecule has 1 aromatic carbocycles. The van der Waals surface area contributed by atoms with Crippen molar-refractivity contribution in [1.82, 2.24) is 4.90 Å². The molecule has 114 valence electrons. The fourth-order valence-electron chi connectivity index (χ4n) is 2.47. The fraction of sp³-hybridized carbons (Fsp3) is 0.500. The van der Waals surface area contributed by atoms with Crippen molar-refractivity contribution in [3.05, 3.63) is 38.9 Å². The van der Waals surface area contributed by atoms with Crippen LogP contribution in [-0.4, -0.2) is 35.4 Å². The van der Waals surface area contributed by atoms with Crippen molar-refractivity contribution in [3.8, 4) is 0 Å². The molecule has 6 nitrogen and oxygen atoms in total. The number of hydrogen-bond acceptors (Lipinski definition) is 4. The van der Waals surface area contributed by atoms with Gasteiger partial charge >= 0.3 is 0 Å². The number of carbonyl (C=O) groups excluding carboxylic acids is 1. The SMILES string of the molecule is CC1(CN)CCN(C(=O)Cc2ccc([N+](=O)[O-])cc2Cl)C1. The number of carbonyl (C=O) groups is 1. The second kappa shape index (κ2) is 5.99. The summed E-state index contributed by atoms with van der Waals surface area (Å²) in [5.41, 5.74) is 6.24. The summed E-state index contributed by atoms with van der Waals surface area (Å²) in [6.45, 7) is 3.96. The third kappa shape index (κ3) is 3.51. The van der Waals surface area contributed by atoms with E-state index in [0.717, 1.165) is 6.42 Å². The lowest BCUT2D eigenvalue weighted by molar-refractivity contribution is -0.384. The number of amides is 1. The highest BCUT2D eigenvalue weighted by Crippen LogP contribution is 2.29. The molecule has 0 aliphatic carbocycles. The summed E-state index contributed by atoms with van der Waals surface area (Å²) in [7, 11) is 0. The molecular formula is C14H18ClN3O3. The van der Waals surface area contributed by atoms with E-state index in [0.29, 0.717) is 25.2 Å². The third-order valence-corrected chi connectivity index (χ3v) is 4.34. The van der Waals surface area contributed by atoms with Gasteiger partial charge in [-0.3, -0.25) is 14.9 Å². The molecule has 0 bridgehead atoms. The Morgan fingerprint density at radius 1 is 1.57 bits per heavy atom. The molecule has 2 rings (SSSR count). The quantitative estimate of drug-likeness (QED) is 0.680. The largest absolute Gasteiger partial charge is 0.342 e. The van der Waals surface area contributed by atoms with Gasteiger partial charge in [-0.1, -0.05) is 24.6 Å². The van der Waals surface area contributed by atoms with Crippen LogP contribution in [0.5, 0.6) is 0 Å². The lowest BCUT2D eigenvalue weighted by Gasteiger charge is -2.22. The van der Waals surface area contributed by atoms with Gasteiger partial charge < -0.3 is 10.6 Å². The Labute approximate surface area is 128 Å². The van der Waals surface area contributed by atoms with Crippen LogP contribution in [0.1, 0.15) is 18.9 Å². The van der Waals surface area contributed by atoms with Crippen LogP contribution >= 0.6 is 11.6 Å². The molecule has 2 N–H and O–H groups in total. The number of nitro benzene ring substituents is 1. The molecule has 0 spiro atoms. The van der Waals surface area contributed by atoms with Crippen LogP contribution in [0.4, 0.5) is 5.69 Å². The van der Waals surface area contributed by atoms with Gasteiger partial charge in [0, 0.05) is 25.2 Å². The van der Waals surface area contributed by atoms with E-state index in [2.05, 4.69) is 6.92 Å². The van der Waals surface area contributed by atoms with Crippen molar-refractivity contribution in [1.29, 1.82) is 0 Å². The standard InChI is InChI=1S/C14H18ClN3O3/c1-14(8-16)4-5-17(9-14)13(19)6-10-2-3-11(18(20)21)7-12(10)15/h2-3,7H,4-6,8-9,16H2,1H3. The monoisotopic (exact) mass is 311 g/mol. The molecule has 1 aliphatic heterocycles. The van der Waals surface area contributed by atoms with Gasteiger partial charge in [-0.2, -0.15) is 0 Å². The van der Waals surface area contributed by atoms with E-state index >= 15 is 0 Å². The Bertz CT molecular complexity index is 579. The second-order valence-corrected chi connectivity index (χ2v) is 6.20. The van der Waals surface area contributed by atoms with E-state index < -0.39 is 4.92 Å². The topological polar surface area (TPSA) is 89.5 Å². The maximum atomic E-state index is 12.3. The summed E-state index contributed by atoms with van der Waals surface area (Å²) in [5, 5.41) is 10.9. The predicted octanol–water partition coefficient (Wildman–Crippen LogP) is 1.99. The summed E-state index contributed by atoms with van der Waals surface area (Å²) in [6, 6.07) is 4.18. The first-order valence-corrected chi connectivity index (χ1v) is 7.13. The van der Waals surface area contributed by atoms with Crippen molar-refractivity contribution < 1.29 is 9.72 Å². The molecule has 0 saturated carbocycles. The minimum absolute atomic E-state index is 0.0189. The molecule has 0 radical (unpaired) electrons. The lowest BCUT2D eigenvalue weighted by atomic mass is 9.90. The predicted molar refractivity (Wildman–Crippen MR) is 80.2 cm³/mol. The van der Waals surface area contributed by atoms with Gasteiger partial charge in [-0.25, -0.2) is 0 Å². The van der Waals surface area contributed by atoms with Crippen molar-refractivity contribution >= 4 is 23.2 Å². The van der Waals surface area contributed by atoms with Crippen LogP contribution in [0.15, 0.2) is 18.2 Å². The molecule has 1 saturated heterocycles. The van der Waals surface area contributed by atoms with Crippen LogP contribution in [0.2, 0.25) is 5.02 Å². The van der Waals surface area contributed by atoms with Gasteiger partial charge in [0.05, 0.1) is 16.4 Å². The Morgan fingerprint density at radius 3 is 2.81 bits per heavy atom. The zero-order chi connectivity index (χ0) is 15.6. The van der Waals surface area contributed by atoms with Crippen LogP contribution in [0.3, 0.4) is 0 Å². The van der Waals surface area contributed by atoms with Crippen molar-refractivity contribution in [2.75, 3.05) is 19.6 Å². The van der Waals surface area contributed by atoms with Crippen molar-refractivity contribution in [2.45, 2.75) is 19.8 Å².